The molecule has 2 N–H and O–H groups in total. The highest BCUT2D eigenvalue weighted by Gasteiger charge is 2.27. The van der Waals surface area contributed by atoms with Gasteiger partial charge >= 0.3 is 0 Å². The fourth-order valence-electron chi connectivity index (χ4n) is 3.11. The van der Waals surface area contributed by atoms with E-state index in [4.69, 9.17) is 11.6 Å². The molecule has 1 saturated heterocycles. The highest BCUT2D eigenvalue weighted by molar-refractivity contribution is 7.12. The van der Waals surface area contributed by atoms with Gasteiger partial charge in [-0.25, -0.2) is 0 Å². The first-order valence-corrected chi connectivity index (χ1v) is 10.0. The van der Waals surface area contributed by atoms with Gasteiger partial charge in [0.25, 0.3) is 11.8 Å². The summed E-state index contributed by atoms with van der Waals surface area (Å²) in [4.78, 5) is 27.9. The molecular formula is C19H22ClN3O2S. The van der Waals surface area contributed by atoms with Crippen molar-refractivity contribution in [2.75, 3.05) is 25.0 Å². The van der Waals surface area contributed by atoms with Crippen LogP contribution >= 0.6 is 22.9 Å². The largest absolute Gasteiger partial charge is 0.334 e. The van der Waals surface area contributed by atoms with Crippen molar-refractivity contribution in [2.45, 2.75) is 25.8 Å². The number of carbonyl (C=O) groups excluding carboxylic acids is 2. The van der Waals surface area contributed by atoms with Crippen molar-refractivity contribution >= 4 is 40.4 Å². The average Bonchev–Trinajstić information content (AvgIpc) is 3.34. The minimum atomic E-state index is -0.225. The van der Waals surface area contributed by atoms with Crippen LogP contribution in [0.15, 0.2) is 35.7 Å². The van der Waals surface area contributed by atoms with Crippen molar-refractivity contribution in [3.8, 4) is 0 Å². The van der Waals surface area contributed by atoms with Crippen LogP contribution in [-0.2, 0) is 0 Å². The van der Waals surface area contributed by atoms with Gasteiger partial charge in [0.1, 0.15) is 0 Å². The number of nitrogens with one attached hydrogen (secondary N) is 2. The Hall–Kier alpha value is -1.89. The van der Waals surface area contributed by atoms with Crippen molar-refractivity contribution in [2.24, 2.45) is 0 Å². The van der Waals surface area contributed by atoms with Gasteiger partial charge in [-0.15, -0.1) is 11.3 Å². The molecule has 1 atom stereocenters. The Labute approximate surface area is 162 Å². The van der Waals surface area contributed by atoms with Gasteiger partial charge in [0.15, 0.2) is 0 Å². The first kappa shape index (κ1) is 18.9. The SMILES string of the molecule is CCCN(C(=O)c1ccc(Cl)c(NC(=O)c2cccs2)c1)C1CCNC1. The first-order chi connectivity index (χ1) is 12.6. The minimum absolute atomic E-state index is 0.0242. The lowest BCUT2D eigenvalue weighted by molar-refractivity contribution is 0.0692. The second kappa shape index (κ2) is 8.66. The summed E-state index contributed by atoms with van der Waals surface area (Å²) in [6.45, 7) is 4.53. The fourth-order valence-corrected chi connectivity index (χ4v) is 3.89. The summed E-state index contributed by atoms with van der Waals surface area (Å²) in [7, 11) is 0. The zero-order valence-corrected chi connectivity index (χ0v) is 16.2. The molecule has 26 heavy (non-hydrogen) atoms. The molecule has 1 unspecified atom stereocenters. The summed E-state index contributed by atoms with van der Waals surface area (Å²) < 4.78 is 0. The van der Waals surface area contributed by atoms with E-state index in [1.54, 1.807) is 24.3 Å². The van der Waals surface area contributed by atoms with Crippen LogP contribution in [0.1, 0.15) is 39.8 Å². The van der Waals surface area contributed by atoms with E-state index in [0.29, 0.717) is 27.7 Å². The van der Waals surface area contributed by atoms with Crippen LogP contribution in [-0.4, -0.2) is 42.4 Å². The monoisotopic (exact) mass is 391 g/mol. The van der Waals surface area contributed by atoms with E-state index in [-0.39, 0.29) is 17.9 Å². The van der Waals surface area contributed by atoms with Crippen molar-refractivity contribution < 1.29 is 9.59 Å². The Morgan fingerprint density at radius 3 is 2.88 bits per heavy atom. The number of anilines is 1. The van der Waals surface area contributed by atoms with Crippen LogP contribution in [0.2, 0.25) is 5.02 Å². The second-order valence-corrected chi connectivity index (χ2v) is 7.63. The Morgan fingerprint density at radius 1 is 1.38 bits per heavy atom. The standard InChI is InChI=1S/C19H22ClN3O2S/c1-2-9-23(14-7-8-21-12-14)19(25)13-5-6-15(20)16(11-13)22-18(24)17-4-3-10-26-17/h3-6,10-11,14,21H,2,7-9,12H2,1H3,(H,22,24). The number of nitrogens with zero attached hydrogens (tertiary/aromatic N) is 1. The van der Waals surface area contributed by atoms with E-state index >= 15 is 0 Å². The van der Waals surface area contributed by atoms with Gasteiger partial charge in [0.05, 0.1) is 15.6 Å². The van der Waals surface area contributed by atoms with Crippen molar-refractivity contribution in [1.29, 1.82) is 0 Å². The first-order valence-electron chi connectivity index (χ1n) is 8.76. The molecular weight excluding hydrogens is 370 g/mol. The molecule has 1 aliphatic heterocycles. The molecule has 1 aromatic carbocycles. The van der Waals surface area contributed by atoms with E-state index < -0.39 is 0 Å². The summed E-state index contributed by atoms with van der Waals surface area (Å²) in [6.07, 6.45) is 1.86. The molecule has 0 saturated carbocycles. The zero-order chi connectivity index (χ0) is 18.5. The smallest absolute Gasteiger partial charge is 0.265 e. The van der Waals surface area contributed by atoms with Gasteiger partial charge in [-0.3, -0.25) is 9.59 Å². The quantitative estimate of drug-likeness (QED) is 0.785. The van der Waals surface area contributed by atoms with Crippen molar-refractivity contribution in [1.82, 2.24) is 10.2 Å². The fraction of sp³-hybridized carbons (Fsp3) is 0.368. The molecule has 5 nitrogen and oxygen atoms in total. The summed E-state index contributed by atoms with van der Waals surface area (Å²) in [5, 5.41) is 8.37. The second-order valence-electron chi connectivity index (χ2n) is 6.27. The molecule has 0 aliphatic carbocycles. The average molecular weight is 392 g/mol. The summed E-state index contributed by atoms with van der Waals surface area (Å²) in [6, 6.07) is 8.83. The van der Waals surface area contributed by atoms with Gasteiger partial charge in [-0.05, 0) is 49.0 Å². The maximum Gasteiger partial charge on any atom is 0.265 e. The highest BCUT2D eigenvalue weighted by atomic mass is 35.5. The molecule has 1 aliphatic rings. The van der Waals surface area contributed by atoms with Crippen molar-refractivity contribution in [3.63, 3.8) is 0 Å². The van der Waals surface area contributed by atoms with E-state index in [2.05, 4.69) is 17.6 Å². The van der Waals surface area contributed by atoms with Crippen LogP contribution in [0.4, 0.5) is 5.69 Å². The van der Waals surface area contributed by atoms with E-state index in [0.717, 1.165) is 25.9 Å². The van der Waals surface area contributed by atoms with Crippen LogP contribution < -0.4 is 10.6 Å². The number of carbonyl (C=O) groups is 2. The Morgan fingerprint density at radius 2 is 2.23 bits per heavy atom. The van der Waals surface area contributed by atoms with Gasteiger partial charge < -0.3 is 15.5 Å². The summed E-state index contributed by atoms with van der Waals surface area (Å²) in [5.74, 6) is -0.249. The van der Waals surface area contributed by atoms with Crippen LogP contribution in [0.25, 0.3) is 0 Å². The molecule has 0 radical (unpaired) electrons. The van der Waals surface area contributed by atoms with Gasteiger partial charge in [0.2, 0.25) is 0 Å². The molecule has 0 spiro atoms. The maximum absolute atomic E-state index is 13.0. The number of amides is 2. The number of halogens is 1. The molecule has 3 rings (SSSR count). The third kappa shape index (κ3) is 4.26. The third-order valence-electron chi connectivity index (χ3n) is 4.41. The number of rotatable bonds is 6. The topological polar surface area (TPSA) is 61.4 Å². The third-order valence-corrected chi connectivity index (χ3v) is 5.61. The maximum atomic E-state index is 13.0. The lowest BCUT2D eigenvalue weighted by Gasteiger charge is -2.28. The lowest BCUT2D eigenvalue weighted by Crippen LogP contribution is -2.42. The minimum Gasteiger partial charge on any atom is -0.334 e. The van der Waals surface area contributed by atoms with Gasteiger partial charge in [-0.2, -0.15) is 0 Å². The molecule has 2 heterocycles. The summed E-state index contributed by atoms with van der Waals surface area (Å²) >= 11 is 7.59. The summed E-state index contributed by atoms with van der Waals surface area (Å²) in [5.41, 5.74) is 0.994. The Balaban J connectivity index is 1.81. The van der Waals surface area contributed by atoms with E-state index in [9.17, 15) is 9.59 Å². The highest BCUT2D eigenvalue weighted by Crippen LogP contribution is 2.26. The molecule has 1 aromatic heterocycles. The number of benzene rings is 1. The Kier molecular flexibility index (Phi) is 6.29. The van der Waals surface area contributed by atoms with Gasteiger partial charge in [0, 0.05) is 24.7 Å². The number of hydrogen-bond acceptors (Lipinski definition) is 4. The van der Waals surface area contributed by atoms with E-state index in [1.807, 2.05) is 16.3 Å². The molecule has 2 aromatic rings. The zero-order valence-electron chi connectivity index (χ0n) is 14.6. The van der Waals surface area contributed by atoms with Gasteiger partial charge in [-0.1, -0.05) is 24.6 Å². The molecule has 0 bridgehead atoms. The predicted octanol–water partition coefficient (Wildman–Crippen LogP) is 3.87. The molecule has 138 valence electrons. The van der Waals surface area contributed by atoms with E-state index in [1.165, 1.54) is 11.3 Å². The van der Waals surface area contributed by atoms with Crippen molar-refractivity contribution in [3.05, 3.63) is 51.2 Å². The predicted molar refractivity (Wildman–Crippen MR) is 106 cm³/mol. The van der Waals surface area contributed by atoms with Crippen LogP contribution in [0, 0.1) is 0 Å². The number of thiophene rings is 1. The Bertz CT molecular complexity index is 773. The molecule has 7 heteroatoms. The lowest BCUT2D eigenvalue weighted by atomic mass is 10.1. The normalized spacial score (nSPS) is 16.5. The number of hydrogen-bond donors (Lipinski definition) is 2. The molecule has 2 amide bonds. The van der Waals surface area contributed by atoms with Crippen LogP contribution in [0.3, 0.4) is 0 Å². The molecule has 1 fully saturated rings. The van der Waals surface area contributed by atoms with Crippen LogP contribution in [0.5, 0.6) is 0 Å².